The number of hydrogen-bond donors (Lipinski definition) is 2. The lowest BCUT2D eigenvalue weighted by Gasteiger charge is -2.34. The molecule has 1 aromatic carbocycles. The van der Waals surface area contributed by atoms with E-state index in [4.69, 9.17) is 0 Å². The molecule has 0 saturated heterocycles. The number of nitrogens with one attached hydrogen (secondary N) is 1. The fourth-order valence-corrected chi connectivity index (χ4v) is 2.77. The van der Waals surface area contributed by atoms with Gasteiger partial charge in [-0.3, -0.25) is 0 Å². The topological polar surface area (TPSA) is 32.3 Å². The third-order valence-electron chi connectivity index (χ3n) is 4.25. The average Bonchev–Trinajstić information content (AvgIpc) is 2.33. The van der Waals surface area contributed by atoms with Gasteiger partial charge in [-0.15, -0.1) is 0 Å². The van der Waals surface area contributed by atoms with E-state index in [1.807, 2.05) is 18.2 Å². The molecule has 2 rings (SSSR count). The number of phenolic OH excluding ortho intramolecular Hbond substituents is 1. The Labute approximate surface area is 104 Å². The summed E-state index contributed by atoms with van der Waals surface area (Å²) in [6.45, 7) is 5.46. The minimum atomic E-state index is 0.400. The third-order valence-corrected chi connectivity index (χ3v) is 4.25. The van der Waals surface area contributed by atoms with Crippen LogP contribution >= 0.6 is 0 Å². The first-order valence-electron chi connectivity index (χ1n) is 6.68. The molecular formula is C15H23NO. The molecule has 94 valence electrons. The van der Waals surface area contributed by atoms with Crippen LogP contribution in [0.4, 0.5) is 0 Å². The first kappa shape index (κ1) is 12.4. The minimum Gasteiger partial charge on any atom is -0.508 e. The van der Waals surface area contributed by atoms with Crippen molar-refractivity contribution >= 4 is 0 Å². The number of aromatic hydroxyl groups is 1. The number of benzene rings is 1. The molecule has 0 bridgehead atoms. The number of hydrogen-bond acceptors (Lipinski definition) is 2. The van der Waals surface area contributed by atoms with Gasteiger partial charge in [-0.25, -0.2) is 0 Å². The Hall–Kier alpha value is -1.02. The summed E-state index contributed by atoms with van der Waals surface area (Å²) in [4.78, 5) is 0. The van der Waals surface area contributed by atoms with Crippen molar-refractivity contribution in [3.05, 3.63) is 29.8 Å². The molecule has 1 aliphatic carbocycles. The molecule has 0 aliphatic heterocycles. The van der Waals surface area contributed by atoms with E-state index in [0.29, 0.717) is 11.8 Å². The predicted octanol–water partition coefficient (Wildman–Crippen LogP) is 3.31. The van der Waals surface area contributed by atoms with E-state index in [1.165, 1.54) is 19.3 Å². The van der Waals surface area contributed by atoms with Gasteiger partial charge < -0.3 is 10.4 Å². The van der Waals surface area contributed by atoms with E-state index >= 15 is 0 Å². The molecule has 0 heterocycles. The Bertz CT molecular complexity index is 364. The summed E-state index contributed by atoms with van der Waals surface area (Å²) in [6, 6.07) is 8.18. The van der Waals surface area contributed by atoms with E-state index in [1.54, 1.807) is 6.07 Å². The summed E-state index contributed by atoms with van der Waals surface area (Å²) in [5.41, 5.74) is 0.998. The highest BCUT2D eigenvalue weighted by atomic mass is 16.3. The smallest absolute Gasteiger partial charge is 0.120 e. The van der Waals surface area contributed by atoms with Crippen molar-refractivity contribution in [3.8, 4) is 5.75 Å². The lowest BCUT2D eigenvalue weighted by atomic mass is 9.78. The van der Waals surface area contributed by atoms with Crippen LogP contribution in [0.5, 0.6) is 5.75 Å². The molecule has 1 fully saturated rings. The summed E-state index contributed by atoms with van der Waals surface area (Å²) in [7, 11) is 0. The van der Waals surface area contributed by atoms with Gasteiger partial charge in [0.1, 0.15) is 5.75 Å². The Kier molecular flexibility index (Phi) is 4.06. The molecule has 17 heavy (non-hydrogen) atoms. The molecule has 2 heteroatoms. The molecule has 2 nitrogen and oxygen atoms in total. The van der Waals surface area contributed by atoms with Crippen LogP contribution in [0.15, 0.2) is 24.3 Å². The summed E-state index contributed by atoms with van der Waals surface area (Å²) in [6.07, 6.45) is 3.94. The number of para-hydroxylation sites is 1. The predicted molar refractivity (Wildman–Crippen MR) is 70.9 cm³/mol. The van der Waals surface area contributed by atoms with Crippen LogP contribution in [-0.4, -0.2) is 11.1 Å². The molecular weight excluding hydrogens is 210 g/mol. The van der Waals surface area contributed by atoms with Gasteiger partial charge in [0.15, 0.2) is 0 Å². The van der Waals surface area contributed by atoms with Crippen LogP contribution < -0.4 is 5.32 Å². The quantitative estimate of drug-likeness (QED) is 0.839. The normalized spacial score (nSPS) is 29.2. The third kappa shape index (κ3) is 3.01. The van der Waals surface area contributed by atoms with Crippen molar-refractivity contribution < 1.29 is 5.11 Å². The molecule has 2 N–H and O–H groups in total. The molecule has 3 unspecified atom stereocenters. The highest BCUT2D eigenvalue weighted by Gasteiger charge is 2.26. The zero-order valence-electron chi connectivity index (χ0n) is 10.8. The van der Waals surface area contributed by atoms with Gasteiger partial charge in [0, 0.05) is 18.2 Å². The molecule has 1 aromatic rings. The molecule has 0 aromatic heterocycles. The van der Waals surface area contributed by atoms with E-state index in [0.717, 1.165) is 23.9 Å². The van der Waals surface area contributed by atoms with Crippen molar-refractivity contribution in [1.82, 2.24) is 5.32 Å². The largest absolute Gasteiger partial charge is 0.508 e. The van der Waals surface area contributed by atoms with Crippen LogP contribution in [0, 0.1) is 11.8 Å². The molecule has 1 saturated carbocycles. The Morgan fingerprint density at radius 1 is 1.24 bits per heavy atom. The van der Waals surface area contributed by atoms with Crippen LogP contribution in [-0.2, 0) is 6.54 Å². The second-order valence-electron chi connectivity index (χ2n) is 5.38. The van der Waals surface area contributed by atoms with Gasteiger partial charge in [-0.2, -0.15) is 0 Å². The van der Waals surface area contributed by atoms with Gasteiger partial charge in [0.05, 0.1) is 0 Å². The first-order valence-corrected chi connectivity index (χ1v) is 6.68. The van der Waals surface area contributed by atoms with Crippen molar-refractivity contribution in [2.24, 2.45) is 11.8 Å². The van der Waals surface area contributed by atoms with E-state index in [-0.39, 0.29) is 0 Å². The van der Waals surface area contributed by atoms with Crippen molar-refractivity contribution in [3.63, 3.8) is 0 Å². The van der Waals surface area contributed by atoms with Gasteiger partial charge in [0.2, 0.25) is 0 Å². The summed E-state index contributed by atoms with van der Waals surface area (Å²) >= 11 is 0. The Balaban J connectivity index is 1.92. The lowest BCUT2D eigenvalue weighted by Crippen LogP contribution is -2.40. The second kappa shape index (κ2) is 5.54. The molecule has 3 atom stereocenters. The van der Waals surface area contributed by atoms with Crippen molar-refractivity contribution in [2.75, 3.05) is 0 Å². The maximum absolute atomic E-state index is 9.72. The Morgan fingerprint density at radius 3 is 2.76 bits per heavy atom. The second-order valence-corrected chi connectivity index (χ2v) is 5.38. The minimum absolute atomic E-state index is 0.400. The van der Waals surface area contributed by atoms with Crippen LogP contribution in [0.3, 0.4) is 0 Å². The maximum Gasteiger partial charge on any atom is 0.120 e. The molecule has 0 radical (unpaired) electrons. The standard InChI is InChI=1S/C15H23NO/c1-11-6-5-8-14(12(11)2)16-10-13-7-3-4-9-15(13)17/h3-4,7,9,11-12,14,16-17H,5-6,8,10H2,1-2H3. The summed E-state index contributed by atoms with van der Waals surface area (Å²) in [5, 5.41) is 13.3. The summed E-state index contributed by atoms with van der Waals surface area (Å²) in [5.74, 6) is 1.94. The SMILES string of the molecule is CC1CCCC(NCc2ccccc2O)C1C. The average molecular weight is 233 g/mol. The zero-order chi connectivity index (χ0) is 12.3. The van der Waals surface area contributed by atoms with E-state index in [2.05, 4.69) is 19.2 Å². The summed E-state index contributed by atoms with van der Waals surface area (Å²) < 4.78 is 0. The van der Waals surface area contributed by atoms with Gasteiger partial charge >= 0.3 is 0 Å². The Morgan fingerprint density at radius 2 is 2.00 bits per heavy atom. The highest BCUT2D eigenvalue weighted by molar-refractivity contribution is 5.31. The van der Waals surface area contributed by atoms with Crippen molar-refractivity contribution in [1.29, 1.82) is 0 Å². The monoisotopic (exact) mass is 233 g/mol. The van der Waals surface area contributed by atoms with Crippen molar-refractivity contribution in [2.45, 2.75) is 45.7 Å². The van der Waals surface area contributed by atoms with Crippen LogP contribution in [0.2, 0.25) is 0 Å². The highest BCUT2D eigenvalue weighted by Crippen LogP contribution is 2.29. The fourth-order valence-electron chi connectivity index (χ4n) is 2.77. The number of phenols is 1. The first-order chi connectivity index (χ1) is 8.18. The van der Waals surface area contributed by atoms with Gasteiger partial charge in [0.25, 0.3) is 0 Å². The van der Waals surface area contributed by atoms with Gasteiger partial charge in [-0.05, 0) is 24.3 Å². The molecule has 0 spiro atoms. The molecule has 1 aliphatic rings. The number of rotatable bonds is 3. The molecule has 0 amide bonds. The van der Waals surface area contributed by atoms with Crippen LogP contribution in [0.1, 0.15) is 38.7 Å². The van der Waals surface area contributed by atoms with Crippen LogP contribution in [0.25, 0.3) is 0 Å². The maximum atomic E-state index is 9.72. The van der Waals surface area contributed by atoms with Gasteiger partial charge in [-0.1, -0.05) is 44.9 Å². The zero-order valence-corrected chi connectivity index (χ0v) is 10.8. The van der Waals surface area contributed by atoms with E-state index in [9.17, 15) is 5.11 Å². The lowest BCUT2D eigenvalue weighted by molar-refractivity contribution is 0.205. The fraction of sp³-hybridized carbons (Fsp3) is 0.600. The van der Waals surface area contributed by atoms with E-state index < -0.39 is 0 Å².